The predicted octanol–water partition coefficient (Wildman–Crippen LogP) is 1.84. The third kappa shape index (κ3) is 2.87. The number of carbonyl (C=O) groups is 1. The number of thiazole rings is 1. The number of nitrogens with two attached hydrogens (primary N) is 1. The zero-order valence-electron chi connectivity index (χ0n) is 11.8. The molecule has 1 aliphatic rings. The van der Waals surface area contributed by atoms with Crippen molar-refractivity contribution in [3.8, 4) is 0 Å². The number of aromatic nitrogens is 3. The Morgan fingerprint density at radius 2 is 2.24 bits per heavy atom. The molecular formula is C14H17N5OS. The van der Waals surface area contributed by atoms with Crippen LogP contribution in [0, 0.1) is 6.92 Å². The number of anilines is 1. The Hall–Kier alpha value is -2.02. The molecule has 1 aliphatic heterocycles. The molecule has 1 atom stereocenters. The summed E-state index contributed by atoms with van der Waals surface area (Å²) in [6, 6.07) is 0. The summed E-state index contributed by atoms with van der Waals surface area (Å²) in [5.74, 6) is 0.354. The lowest BCUT2D eigenvalue weighted by atomic mass is 9.98. The highest BCUT2D eigenvalue weighted by atomic mass is 32.1. The number of aryl methyl sites for hydroxylation is 1. The molecule has 1 fully saturated rings. The topological polar surface area (TPSA) is 85.0 Å². The Kier molecular flexibility index (Phi) is 3.83. The van der Waals surface area contributed by atoms with Gasteiger partial charge < -0.3 is 10.6 Å². The van der Waals surface area contributed by atoms with E-state index in [-0.39, 0.29) is 17.4 Å². The minimum absolute atomic E-state index is 0.140. The van der Waals surface area contributed by atoms with Crippen molar-refractivity contribution in [2.45, 2.75) is 25.7 Å². The summed E-state index contributed by atoms with van der Waals surface area (Å²) in [4.78, 5) is 26.9. The van der Waals surface area contributed by atoms with Gasteiger partial charge >= 0.3 is 0 Å². The fourth-order valence-corrected chi connectivity index (χ4v) is 3.51. The first-order chi connectivity index (χ1) is 10.1. The molecule has 1 amide bonds. The van der Waals surface area contributed by atoms with Gasteiger partial charge in [0.1, 0.15) is 0 Å². The van der Waals surface area contributed by atoms with Crippen LogP contribution in [0.1, 0.15) is 39.9 Å². The van der Waals surface area contributed by atoms with Gasteiger partial charge in [0.15, 0.2) is 11.5 Å². The maximum atomic E-state index is 12.5. The van der Waals surface area contributed by atoms with E-state index in [9.17, 15) is 4.79 Å². The van der Waals surface area contributed by atoms with Crippen LogP contribution in [0.5, 0.6) is 0 Å². The molecule has 0 bridgehead atoms. The minimum atomic E-state index is -0.140. The second-order valence-electron chi connectivity index (χ2n) is 5.21. The molecule has 0 aromatic carbocycles. The highest BCUT2D eigenvalue weighted by Crippen LogP contribution is 2.29. The molecule has 3 rings (SSSR count). The van der Waals surface area contributed by atoms with Crippen LogP contribution in [0.4, 0.5) is 5.82 Å². The molecule has 0 aliphatic carbocycles. The van der Waals surface area contributed by atoms with E-state index < -0.39 is 0 Å². The third-order valence-corrected chi connectivity index (χ3v) is 4.75. The van der Waals surface area contributed by atoms with E-state index in [1.165, 1.54) is 12.4 Å². The smallest absolute Gasteiger partial charge is 0.276 e. The molecule has 7 heteroatoms. The fraction of sp³-hybridized carbons (Fsp3) is 0.429. The lowest BCUT2D eigenvalue weighted by Gasteiger charge is -2.31. The maximum Gasteiger partial charge on any atom is 0.276 e. The Morgan fingerprint density at radius 3 is 2.95 bits per heavy atom. The van der Waals surface area contributed by atoms with E-state index >= 15 is 0 Å². The summed E-state index contributed by atoms with van der Waals surface area (Å²) in [5, 5.41) is 3.16. The van der Waals surface area contributed by atoms with Gasteiger partial charge in [-0.2, -0.15) is 0 Å². The van der Waals surface area contributed by atoms with Crippen LogP contribution >= 0.6 is 11.3 Å². The zero-order chi connectivity index (χ0) is 14.8. The van der Waals surface area contributed by atoms with Crippen molar-refractivity contribution in [2.24, 2.45) is 0 Å². The van der Waals surface area contributed by atoms with Crippen LogP contribution in [0.15, 0.2) is 17.8 Å². The van der Waals surface area contributed by atoms with Crippen LogP contribution in [-0.4, -0.2) is 38.8 Å². The molecular weight excluding hydrogens is 286 g/mol. The number of hydrogen-bond acceptors (Lipinski definition) is 6. The van der Waals surface area contributed by atoms with Gasteiger partial charge in [0, 0.05) is 42.5 Å². The van der Waals surface area contributed by atoms with Gasteiger partial charge in [0.05, 0.1) is 5.01 Å². The van der Waals surface area contributed by atoms with Crippen molar-refractivity contribution in [3.05, 3.63) is 34.2 Å². The van der Waals surface area contributed by atoms with E-state index in [2.05, 4.69) is 20.3 Å². The Morgan fingerprint density at radius 1 is 1.43 bits per heavy atom. The predicted molar refractivity (Wildman–Crippen MR) is 81.2 cm³/mol. The van der Waals surface area contributed by atoms with Crippen molar-refractivity contribution in [1.29, 1.82) is 0 Å². The SMILES string of the molecule is Cc1csc(C2CCCN(C(=O)c3nccnc3N)C2)n1. The standard InChI is InChI=1S/C14H17N5OS/c1-9-8-21-13(18-9)10-3-2-6-19(7-10)14(20)11-12(15)17-5-4-16-11/h4-5,8,10H,2-3,6-7H2,1H3,(H2,15,17). The van der Waals surface area contributed by atoms with Crippen LogP contribution in [-0.2, 0) is 0 Å². The molecule has 21 heavy (non-hydrogen) atoms. The molecule has 1 saturated heterocycles. The molecule has 2 aromatic rings. The Balaban J connectivity index is 1.77. The first-order valence-corrected chi connectivity index (χ1v) is 7.81. The number of likely N-dealkylation sites (tertiary alicyclic amines) is 1. The number of nitrogens with zero attached hydrogens (tertiary/aromatic N) is 4. The number of piperidine rings is 1. The Labute approximate surface area is 127 Å². The number of carbonyl (C=O) groups excluding carboxylic acids is 1. The summed E-state index contributed by atoms with van der Waals surface area (Å²) < 4.78 is 0. The lowest BCUT2D eigenvalue weighted by molar-refractivity contribution is 0.0702. The molecule has 1 unspecified atom stereocenters. The van der Waals surface area contributed by atoms with Crippen LogP contribution in [0.2, 0.25) is 0 Å². The summed E-state index contributed by atoms with van der Waals surface area (Å²) in [6.45, 7) is 3.39. The second-order valence-corrected chi connectivity index (χ2v) is 6.10. The molecule has 6 nitrogen and oxygen atoms in total. The summed E-state index contributed by atoms with van der Waals surface area (Å²) >= 11 is 1.67. The summed E-state index contributed by atoms with van der Waals surface area (Å²) in [6.07, 6.45) is 5.01. The average molecular weight is 303 g/mol. The number of rotatable bonds is 2. The number of amides is 1. The van der Waals surface area contributed by atoms with E-state index in [1.807, 2.05) is 11.8 Å². The summed E-state index contributed by atoms with van der Waals surface area (Å²) in [7, 11) is 0. The van der Waals surface area contributed by atoms with Gasteiger partial charge in [-0.3, -0.25) is 4.79 Å². The molecule has 110 valence electrons. The first kappa shape index (κ1) is 13.9. The van der Waals surface area contributed by atoms with Gasteiger partial charge in [0.2, 0.25) is 0 Å². The van der Waals surface area contributed by atoms with Crippen LogP contribution in [0.25, 0.3) is 0 Å². The summed E-state index contributed by atoms with van der Waals surface area (Å²) in [5.41, 5.74) is 7.03. The maximum absolute atomic E-state index is 12.5. The number of nitrogen functional groups attached to an aromatic ring is 1. The van der Waals surface area contributed by atoms with E-state index in [4.69, 9.17) is 5.73 Å². The normalized spacial score (nSPS) is 18.7. The highest BCUT2D eigenvalue weighted by Gasteiger charge is 2.28. The molecule has 2 N–H and O–H groups in total. The van der Waals surface area contributed by atoms with Gasteiger partial charge in [-0.25, -0.2) is 15.0 Å². The van der Waals surface area contributed by atoms with E-state index in [0.717, 1.165) is 30.1 Å². The van der Waals surface area contributed by atoms with Gasteiger partial charge in [0.25, 0.3) is 5.91 Å². The van der Waals surface area contributed by atoms with Crippen LogP contribution < -0.4 is 5.73 Å². The minimum Gasteiger partial charge on any atom is -0.382 e. The Bertz CT molecular complexity index is 656. The van der Waals surface area contributed by atoms with Gasteiger partial charge in [-0.05, 0) is 19.8 Å². The molecule has 2 aromatic heterocycles. The van der Waals surface area contributed by atoms with E-state index in [1.54, 1.807) is 11.3 Å². The van der Waals surface area contributed by atoms with Crippen molar-refractivity contribution >= 4 is 23.1 Å². The average Bonchev–Trinajstić information content (AvgIpc) is 2.94. The van der Waals surface area contributed by atoms with Crippen molar-refractivity contribution < 1.29 is 4.79 Å². The molecule has 0 saturated carbocycles. The lowest BCUT2D eigenvalue weighted by Crippen LogP contribution is -2.39. The molecule has 0 spiro atoms. The largest absolute Gasteiger partial charge is 0.382 e. The number of hydrogen-bond donors (Lipinski definition) is 1. The van der Waals surface area contributed by atoms with Gasteiger partial charge in [-0.1, -0.05) is 0 Å². The monoisotopic (exact) mass is 303 g/mol. The quantitative estimate of drug-likeness (QED) is 0.915. The van der Waals surface area contributed by atoms with Crippen molar-refractivity contribution in [2.75, 3.05) is 18.8 Å². The highest BCUT2D eigenvalue weighted by molar-refractivity contribution is 7.09. The van der Waals surface area contributed by atoms with Crippen molar-refractivity contribution in [1.82, 2.24) is 19.9 Å². The third-order valence-electron chi connectivity index (χ3n) is 3.62. The second kappa shape index (κ2) is 5.77. The zero-order valence-corrected chi connectivity index (χ0v) is 12.6. The molecule has 0 radical (unpaired) electrons. The first-order valence-electron chi connectivity index (χ1n) is 6.93. The van der Waals surface area contributed by atoms with E-state index in [0.29, 0.717) is 12.5 Å². The van der Waals surface area contributed by atoms with Crippen molar-refractivity contribution in [3.63, 3.8) is 0 Å². The van der Waals surface area contributed by atoms with Crippen LogP contribution in [0.3, 0.4) is 0 Å². The van der Waals surface area contributed by atoms with Gasteiger partial charge in [-0.15, -0.1) is 11.3 Å². The molecule has 3 heterocycles. The fourth-order valence-electron chi connectivity index (χ4n) is 2.59.